The number of carboxylic acid groups (broad SMARTS) is 1. The normalized spacial score (nSPS) is 16.9. The maximum Gasteiger partial charge on any atom is 0.337 e. The van der Waals surface area contributed by atoms with Crippen LogP contribution in [0, 0.1) is 11.8 Å². The summed E-state index contributed by atoms with van der Waals surface area (Å²) in [4.78, 5) is 10.9. The van der Waals surface area contributed by atoms with Gasteiger partial charge in [0.15, 0.2) is 0 Å². The molecule has 1 aromatic carbocycles. The fraction of sp³-hybridized carbons (Fsp3) is 0.462. The molecule has 2 rings (SSSR count). The van der Waals surface area contributed by atoms with Crippen molar-refractivity contribution in [1.82, 2.24) is 4.72 Å². The molecule has 6 nitrogen and oxygen atoms in total. The zero-order valence-corrected chi connectivity index (χ0v) is 12.0. The van der Waals surface area contributed by atoms with Crippen LogP contribution in [0.25, 0.3) is 0 Å². The molecule has 0 bridgehead atoms. The molecule has 1 saturated carbocycles. The number of carboxylic acids is 1. The lowest BCUT2D eigenvalue weighted by Crippen LogP contribution is -2.30. The molecule has 0 spiro atoms. The average molecular weight is 298 g/mol. The first kappa shape index (κ1) is 14.8. The Morgan fingerprint density at radius 3 is 2.70 bits per heavy atom. The number of aromatic carboxylic acids is 1. The van der Waals surface area contributed by atoms with Gasteiger partial charge >= 0.3 is 5.97 Å². The first-order valence-corrected chi connectivity index (χ1v) is 7.92. The molecule has 20 heavy (non-hydrogen) atoms. The molecule has 0 aromatic heterocycles. The van der Waals surface area contributed by atoms with E-state index in [1.165, 1.54) is 12.1 Å². The minimum absolute atomic E-state index is 0.215. The lowest BCUT2D eigenvalue weighted by atomic mass is 10.1. The third-order valence-electron chi connectivity index (χ3n) is 3.55. The van der Waals surface area contributed by atoms with Crippen molar-refractivity contribution in [2.24, 2.45) is 11.8 Å². The summed E-state index contributed by atoms with van der Waals surface area (Å²) < 4.78 is 26.9. The van der Waals surface area contributed by atoms with Crippen molar-refractivity contribution >= 4 is 21.7 Å². The Morgan fingerprint density at radius 2 is 2.15 bits per heavy atom. The minimum atomic E-state index is -3.84. The van der Waals surface area contributed by atoms with E-state index in [1.807, 2.05) is 6.92 Å². The van der Waals surface area contributed by atoms with E-state index in [0.717, 1.165) is 18.9 Å². The Labute approximate surface area is 118 Å². The molecule has 4 N–H and O–H groups in total. The number of benzene rings is 1. The molecule has 1 fully saturated rings. The van der Waals surface area contributed by atoms with E-state index in [9.17, 15) is 13.2 Å². The average Bonchev–Trinajstić information content (AvgIpc) is 3.19. The molecule has 7 heteroatoms. The zero-order valence-electron chi connectivity index (χ0n) is 11.2. The SMILES string of the molecule is CC(CNS(=O)(=O)c1ccc(N)cc1C(=O)O)C1CC1. The number of nitrogens with one attached hydrogen (secondary N) is 1. The predicted octanol–water partition coefficient (Wildman–Crippen LogP) is 1.29. The first-order chi connectivity index (χ1) is 9.31. The Morgan fingerprint density at radius 1 is 1.50 bits per heavy atom. The molecule has 1 aliphatic carbocycles. The second-order valence-corrected chi connectivity index (χ2v) is 6.96. The second-order valence-electron chi connectivity index (χ2n) is 5.23. The highest BCUT2D eigenvalue weighted by atomic mass is 32.2. The number of carbonyl (C=O) groups is 1. The summed E-state index contributed by atoms with van der Waals surface area (Å²) >= 11 is 0. The summed E-state index contributed by atoms with van der Waals surface area (Å²) in [5.74, 6) is -0.484. The Kier molecular flexibility index (Phi) is 4.01. The molecule has 110 valence electrons. The minimum Gasteiger partial charge on any atom is -0.478 e. The summed E-state index contributed by atoms with van der Waals surface area (Å²) in [5, 5.41) is 9.08. The quantitative estimate of drug-likeness (QED) is 0.686. The van der Waals surface area contributed by atoms with E-state index in [2.05, 4.69) is 4.72 Å². The standard InChI is InChI=1S/C13H18N2O4S/c1-8(9-2-3-9)7-15-20(18,19)12-5-4-10(14)6-11(12)13(16)17/h4-6,8-9,15H,2-3,7,14H2,1H3,(H,16,17). The fourth-order valence-electron chi connectivity index (χ4n) is 2.10. The van der Waals surface area contributed by atoms with Gasteiger partial charge in [-0.2, -0.15) is 0 Å². The Balaban J connectivity index is 2.22. The maximum absolute atomic E-state index is 12.2. The molecule has 0 aliphatic heterocycles. The Bertz CT molecular complexity index is 623. The van der Waals surface area contributed by atoms with Gasteiger partial charge in [-0.05, 0) is 42.9 Å². The number of rotatable bonds is 6. The van der Waals surface area contributed by atoms with Crippen molar-refractivity contribution in [3.63, 3.8) is 0 Å². The highest BCUT2D eigenvalue weighted by molar-refractivity contribution is 7.89. The molecular formula is C13H18N2O4S. The number of nitrogens with two attached hydrogens (primary N) is 1. The molecule has 1 unspecified atom stereocenters. The van der Waals surface area contributed by atoms with Crippen molar-refractivity contribution in [2.45, 2.75) is 24.7 Å². The third-order valence-corrected chi connectivity index (χ3v) is 5.03. The van der Waals surface area contributed by atoms with Crippen LogP contribution in [-0.2, 0) is 10.0 Å². The van der Waals surface area contributed by atoms with Gasteiger partial charge in [-0.1, -0.05) is 6.92 Å². The van der Waals surface area contributed by atoms with E-state index < -0.39 is 16.0 Å². The highest BCUT2D eigenvalue weighted by Gasteiger charge is 2.29. The molecule has 0 heterocycles. The van der Waals surface area contributed by atoms with Gasteiger partial charge in [0.05, 0.1) is 10.5 Å². The summed E-state index contributed by atoms with van der Waals surface area (Å²) in [6.45, 7) is 2.30. The third kappa shape index (κ3) is 3.29. The predicted molar refractivity (Wildman–Crippen MR) is 74.9 cm³/mol. The summed E-state index contributed by atoms with van der Waals surface area (Å²) in [7, 11) is -3.84. The van der Waals surface area contributed by atoms with Crippen LogP contribution < -0.4 is 10.5 Å². The van der Waals surface area contributed by atoms with Crippen LogP contribution in [-0.4, -0.2) is 26.0 Å². The number of hydrogen-bond donors (Lipinski definition) is 3. The van der Waals surface area contributed by atoms with Gasteiger partial charge in [0.1, 0.15) is 0 Å². The van der Waals surface area contributed by atoms with Crippen molar-refractivity contribution < 1.29 is 18.3 Å². The Hall–Kier alpha value is -1.60. The van der Waals surface area contributed by atoms with Crippen LogP contribution >= 0.6 is 0 Å². The van der Waals surface area contributed by atoms with E-state index in [1.54, 1.807) is 0 Å². The van der Waals surface area contributed by atoms with Crippen molar-refractivity contribution in [2.75, 3.05) is 12.3 Å². The van der Waals surface area contributed by atoms with Gasteiger partial charge in [-0.25, -0.2) is 17.9 Å². The molecule has 0 amide bonds. The topological polar surface area (TPSA) is 109 Å². The van der Waals surface area contributed by atoms with Gasteiger partial charge in [-0.3, -0.25) is 0 Å². The van der Waals surface area contributed by atoms with E-state index in [0.29, 0.717) is 12.5 Å². The lowest BCUT2D eigenvalue weighted by Gasteiger charge is -2.13. The van der Waals surface area contributed by atoms with Gasteiger partial charge < -0.3 is 10.8 Å². The first-order valence-electron chi connectivity index (χ1n) is 6.44. The second kappa shape index (κ2) is 5.41. The largest absolute Gasteiger partial charge is 0.478 e. The molecule has 1 aliphatic rings. The van der Waals surface area contributed by atoms with Gasteiger partial charge in [0, 0.05) is 12.2 Å². The van der Waals surface area contributed by atoms with Crippen LogP contribution in [0.15, 0.2) is 23.1 Å². The fourth-order valence-corrected chi connectivity index (χ4v) is 3.42. The summed E-state index contributed by atoms with van der Waals surface area (Å²) in [5.41, 5.74) is 5.41. The molecule has 0 radical (unpaired) electrons. The van der Waals surface area contributed by atoms with Gasteiger partial charge in [0.25, 0.3) is 0 Å². The van der Waals surface area contributed by atoms with Gasteiger partial charge in [0.2, 0.25) is 10.0 Å². The monoisotopic (exact) mass is 298 g/mol. The van der Waals surface area contributed by atoms with Crippen LogP contribution in [0.5, 0.6) is 0 Å². The number of hydrogen-bond acceptors (Lipinski definition) is 4. The van der Waals surface area contributed by atoms with Crippen LogP contribution in [0.2, 0.25) is 0 Å². The molecule has 1 aromatic rings. The van der Waals surface area contributed by atoms with Crippen molar-refractivity contribution in [1.29, 1.82) is 0 Å². The summed E-state index contributed by atoms with van der Waals surface area (Å²) in [6.07, 6.45) is 2.26. The summed E-state index contributed by atoms with van der Waals surface area (Å²) in [6, 6.07) is 3.76. The van der Waals surface area contributed by atoms with Crippen LogP contribution in [0.3, 0.4) is 0 Å². The zero-order chi connectivity index (χ0) is 14.9. The van der Waals surface area contributed by atoms with Gasteiger partial charge in [-0.15, -0.1) is 0 Å². The molecule has 1 atom stereocenters. The molecule has 0 saturated heterocycles. The highest BCUT2D eigenvalue weighted by Crippen LogP contribution is 2.36. The van der Waals surface area contributed by atoms with E-state index in [-0.39, 0.29) is 22.1 Å². The maximum atomic E-state index is 12.2. The van der Waals surface area contributed by atoms with E-state index in [4.69, 9.17) is 10.8 Å². The number of nitrogen functional groups attached to an aromatic ring is 1. The number of anilines is 1. The van der Waals surface area contributed by atoms with Crippen molar-refractivity contribution in [3.05, 3.63) is 23.8 Å². The molecular weight excluding hydrogens is 280 g/mol. The smallest absolute Gasteiger partial charge is 0.337 e. The van der Waals surface area contributed by atoms with Crippen LogP contribution in [0.1, 0.15) is 30.1 Å². The number of sulfonamides is 1. The lowest BCUT2D eigenvalue weighted by molar-refractivity contribution is 0.0692. The van der Waals surface area contributed by atoms with E-state index >= 15 is 0 Å². The van der Waals surface area contributed by atoms with Crippen molar-refractivity contribution in [3.8, 4) is 0 Å². The van der Waals surface area contributed by atoms with Crippen LogP contribution in [0.4, 0.5) is 5.69 Å².